The number of nitrogens with zero attached hydrogens (tertiary/aromatic N) is 5. The summed E-state index contributed by atoms with van der Waals surface area (Å²) < 4.78 is 22.6. The van der Waals surface area contributed by atoms with E-state index in [1.807, 2.05) is 20.0 Å². The van der Waals surface area contributed by atoms with E-state index >= 15 is 0 Å². The van der Waals surface area contributed by atoms with E-state index in [1.54, 1.807) is 35.4 Å². The lowest BCUT2D eigenvalue weighted by atomic mass is 9.97. The first-order valence-corrected chi connectivity index (χ1v) is 9.94. The lowest BCUT2D eigenvalue weighted by molar-refractivity contribution is -0.0124. The van der Waals surface area contributed by atoms with Gasteiger partial charge in [-0.2, -0.15) is 0 Å². The van der Waals surface area contributed by atoms with Crippen molar-refractivity contribution in [1.82, 2.24) is 24.6 Å². The van der Waals surface area contributed by atoms with Crippen LogP contribution in [0.25, 0.3) is 16.3 Å². The summed E-state index contributed by atoms with van der Waals surface area (Å²) in [5.41, 5.74) is 0.886. The predicted octanol–water partition coefficient (Wildman–Crippen LogP) is 2.91. The Balaban J connectivity index is 1.36. The van der Waals surface area contributed by atoms with Gasteiger partial charge in [0.15, 0.2) is 11.2 Å². The maximum atomic E-state index is 14.9. The Labute approximate surface area is 165 Å². The van der Waals surface area contributed by atoms with Crippen LogP contribution in [0.5, 0.6) is 10.9 Å². The number of phenols is 1. The molecule has 1 aromatic carbocycles. The Morgan fingerprint density at radius 2 is 2.21 bits per heavy atom. The molecule has 1 aliphatic carbocycles. The van der Waals surface area contributed by atoms with E-state index in [4.69, 9.17) is 4.74 Å². The summed E-state index contributed by atoms with van der Waals surface area (Å²) in [4.78, 5) is 6.08. The molecule has 0 spiro atoms. The summed E-state index contributed by atoms with van der Waals surface area (Å²) >= 11 is 1.22. The zero-order valence-electron chi connectivity index (χ0n) is 15.5. The van der Waals surface area contributed by atoms with Crippen LogP contribution in [0, 0.1) is 5.92 Å². The molecule has 5 rings (SSSR count). The molecule has 0 unspecified atom stereocenters. The van der Waals surface area contributed by atoms with Gasteiger partial charge in [-0.25, -0.2) is 9.37 Å². The maximum Gasteiger partial charge on any atom is 0.294 e. The summed E-state index contributed by atoms with van der Waals surface area (Å²) in [6, 6.07) is 5.28. The Morgan fingerprint density at radius 1 is 1.36 bits per heavy atom. The number of aromatic hydroxyl groups is 1. The number of ether oxygens (including phenoxy) is 1. The second-order valence-corrected chi connectivity index (χ2v) is 8.67. The average Bonchev–Trinajstić information content (AvgIpc) is 3.43. The Bertz CT molecular complexity index is 1010. The van der Waals surface area contributed by atoms with Crippen molar-refractivity contribution < 1.29 is 14.2 Å². The molecule has 2 bridgehead atoms. The van der Waals surface area contributed by atoms with Crippen LogP contribution in [-0.2, 0) is 0 Å². The smallest absolute Gasteiger partial charge is 0.294 e. The zero-order chi connectivity index (χ0) is 19.5. The number of rotatable bonds is 4. The van der Waals surface area contributed by atoms with Crippen molar-refractivity contribution in [2.24, 2.45) is 5.92 Å². The van der Waals surface area contributed by atoms with Crippen molar-refractivity contribution >= 4 is 11.3 Å². The summed E-state index contributed by atoms with van der Waals surface area (Å²) in [5.74, 6) is 0.242. The molecule has 2 fully saturated rings. The summed E-state index contributed by atoms with van der Waals surface area (Å²) in [6.45, 7) is 2.77. The number of imidazole rings is 1. The number of fused-ring (bicyclic) bond motifs is 2. The second-order valence-electron chi connectivity index (χ2n) is 7.73. The van der Waals surface area contributed by atoms with E-state index in [9.17, 15) is 9.50 Å². The quantitative estimate of drug-likeness (QED) is 0.725. The van der Waals surface area contributed by atoms with Crippen molar-refractivity contribution in [1.29, 1.82) is 0 Å². The third-order valence-electron chi connectivity index (χ3n) is 6.06. The van der Waals surface area contributed by atoms with Crippen molar-refractivity contribution in [3.63, 3.8) is 0 Å². The number of benzene rings is 1. The minimum absolute atomic E-state index is 0.0892. The number of piperidine rings is 1. The molecule has 2 aromatic heterocycles. The third kappa shape index (κ3) is 2.61. The fraction of sp³-hybridized carbons (Fsp3) is 0.421. The lowest BCUT2D eigenvalue weighted by Gasteiger charge is -2.38. The largest absolute Gasteiger partial charge is 0.507 e. The zero-order valence-corrected chi connectivity index (χ0v) is 16.3. The standard InChI is InChI=1S/C19H20FN5O2S/c1-19-8-11(9-24(19)2)15(16(19)20)27-18-23-22-17(28-18)13-4-3-12(7-14(13)26)25-6-5-21-10-25/h3-7,10-11,15-16,26H,8-9H2,1-2H3/t11-,15-,16+,19-/m1/s1. The molecule has 3 aromatic rings. The number of hydrogen-bond acceptors (Lipinski definition) is 7. The van der Waals surface area contributed by atoms with E-state index in [0.717, 1.165) is 18.7 Å². The van der Waals surface area contributed by atoms with E-state index in [2.05, 4.69) is 20.1 Å². The van der Waals surface area contributed by atoms with Gasteiger partial charge in [0, 0.05) is 30.9 Å². The molecule has 1 N–H and O–H groups in total. The number of likely N-dealkylation sites (tertiary alicyclic amines) is 1. The predicted molar refractivity (Wildman–Crippen MR) is 103 cm³/mol. The van der Waals surface area contributed by atoms with E-state index in [-0.39, 0.29) is 11.7 Å². The monoisotopic (exact) mass is 401 g/mol. The van der Waals surface area contributed by atoms with E-state index in [1.165, 1.54) is 11.3 Å². The molecule has 146 valence electrons. The Kier molecular flexibility index (Phi) is 3.92. The third-order valence-corrected chi connectivity index (χ3v) is 6.91. The molecule has 0 amide bonds. The SMILES string of the molecule is CN1C[C@H]2C[C@]1(C)[C@@H](F)[C@@H]2Oc1nnc(-c2ccc(-n3ccnc3)cc2O)s1. The van der Waals surface area contributed by atoms with Crippen molar-refractivity contribution in [2.45, 2.75) is 31.2 Å². The van der Waals surface area contributed by atoms with Gasteiger partial charge in [-0.05, 0) is 32.5 Å². The molecule has 1 saturated heterocycles. The number of halogens is 1. The van der Waals surface area contributed by atoms with Gasteiger partial charge in [-0.15, -0.1) is 5.10 Å². The molecular weight excluding hydrogens is 381 g/mol. The highest BCUT2D eigenvalue weighted by atomic mass is 32.1. The first-order chi connectivity index (χ1) is 13.5. The molecule has 1 saturated carbocycles. The van der Waals surface area contributed by atoms with Crippen LogP contribution in [0.15, 0.2) is 36.9 Å². The van der Waals surface area contributed by atoms with Crippen molar-refractivity contribution in [3.05, 3.63) is 36.9 Å². The van der Waals surface area contributed by atoms with E-state index in [0.29, 0.717) is 15.8 Å². The van der Waals surface area contributed by atoms with Crippen molar-refractivity contribution in [2.75, 3.05) is 13.6 Å². The highest BCUT2D eigenvalue weighted by molar-refractivity contribution is 7.16. The van der Waals surface area contributed by atoms with Gasteiger partial charge in [0.25, 0.3) is 5.19 Å². The normalized spacial score (nSPS) is 29.5. The highest BCUT2D eigenvalue weighted by Crippen LogP contribution is 2.49. The highest BCUT2D eigenvalue weighted by Gasteiger charge is 2.60. The molecule has 7 nitrogen and oxygen atoms in total. The van der Waals surface area contributed by atoms with Crippen LogP contribution >= 0.6 is 11.3 Å². The Hall–Kier alpha value is -2.52. The molecule has 9 heteroatoms. The molecular formula is C19H20FN5O2S. The lowest BCUT2D eigenvalue weighted by Crippen LogP contribution is -2.54. The van der Waals surface area contributed by atoms with Gasteiger partial charge < -0.3 is 14.4 Å². The number of aromatic nitrogens is 4. The first-order valence-electron chi connectivity index (χ1n) is 9.13. The molecule has 28 heavy (non-hydrogen) atoms. The average molecular weight is 401 g/mol. The van der Waals surface area contributed by atoms with Crippen LogP contribution in [0.2, 0.25) is 0 Å². The minimum atomic E-state index is -1.06. The van der Waals surface area contributed by atoms with Crippen molar-refractivity contribution in [3.8, 4) is 27.2 Å². The van der Waals surface area contributed by atoms with Gasteiger partial charge in [-0.3, -0.25) is 4.90 Å². The van der Waals surface area contributed by atoms with Gasteiger partial charge >= 0.3 is 0 Å². The number of phenolic OH excluding ortho intramolecular Hbond substituents is 1. The molecule has 0 radical (unpaired) electrons. The van der Waals surface area contributed by atoms with Crippen LogP contribution in [0.4, 0.5) is 4.39 Å². The van der Waals surface area contributed by atoms with Crippen LogP contribution in [-0.4, -0.2) is 61.2 Å². The molecule has 2 aliphatic rings. The molecule has 4 atom stereocenters. The molecule has 1 aliphatic heterocycles. The second kappa shape index (κ2) is 6.25. The number of hydrogen-bond donors (Lipinski definition) is 1. The fourth-order valence-electron chi connectivity index (χ4n) is 4.36. The van der Waals surface area contributed by atoms with Crippen LogP contribution in [0.1, 0.15) is 13.3 Å². The topological polar surface area (TPSA) is 76.3 Å². The maximum absolute atomic E-state index is 14.9. The van der Waals surface area contributed by atoms with Crippen LogP contribution in [0.3, 0.4) is 0 Å². The van der Waals surface area contributed by atoms with Crippen LogP contribution < -0.4 is 4.74 Å². The summed E-state index contributed by atoms with van der Waals surface area (Å²) in [5, 5.41) is 19.5. The van der Waals surface area contributed by atoms with Gasteiger partial charge in [0.2, 0.25) is 0 Å². The van der Waals surface area contributed by atoms with Gasteiger partial charge in [-0.1, -0.05) is 16.4 Å². The summed E-state index contributed by atoms with van der Waals surface area (Å²) in [6.07, 6.45) is 4.35. The minimum Gasteiger partial charge on any atom is -0.507 e. The van der Waals surface area contributed by atoms with Gasteiger partial charge in [0.05, 0.1) is 23.1 Å². The number of alkyl halides is 1. The molecule has 3 heterocycles. The fourth-order valence-corrected chi connectivity index (χ4v) is 5.13. The van der Waals surface area contributed by atoms with Gasteiger partial charge in [0.1, 0.15) is 11.9 Å². The first kappa shape index (κ1) is 17.6. The summed E-state index contributed by atoms with van der Waals surface area (Å²) in [7, 11) is 1.96. The van der Waals surface area contributed by atoms with E-state index < -0.39 is 17.8 Å². The Morgan fingerprint density at radius 3 is 2.89 bits per heavy atom.